The first kappa shape index (κ1) is 21.7. The molecule has 0 aliphatic heterocycles. The molecule has 0 atom stereocenters. The fourth-order valence-electron chi connectivity index (χ4n) is 2.72. The van der Waals surface area contributed by atoms with Gasteiger partial charge < -0.3 is 14.6 Å². The summed E-state index contributed by atoms with van der Waals surface area (Å²) in [5.41, 5.74) is 2.38. The van der Waals surface area contributed by atoms with E-state index in [1.54, 1.807) is 6.92 Å². The summed E-state index contributed by atoms with van der Waals surface area (Å²) in [7, 11) is 0. The molecule has 3 nitrogen and oxygen atoms in total. The van der Waals surface area contributed by atoms with Gasteiger partial charge in [-0.2, -0.15) is 0 Å². The molecule has 0 aliphatic rings. The minimum Gasteiger partial charge on any atom is -0.457 e. The first-order valence-electron chi connectivity index (χ1n) is 9.61. The summed E-state index contributed by atoms with van der Waals surface area (Å²) in [6.45, 7) is 7.58. The van der Waals surface area contributed by atoms with Crippen LogP contribution >= 0.6 is 0 Å². The van der Waals surface area contributed by atoms with Crippen LogP contribution in [0.3, 0.4) is 0 Å². The maximum absolute atomic E-state index is 7.57. The smallest absolute Gasteiger partial charge is 0.127 e. The summed E-state index contributed by atoms with van der Waals surface area (Å²) < 4.78 is 11.9. The van der Waals surface area contributed by atoms with Crippen LogP contribution in [0.15, 0.2) is 84.9 Å². The van der Waals surface area contributed by atoms with E-state index in [0.29, 0.717) is 13.2 Å². The zero-order valence-electron chi connectivity index (χ0n) is 17.0. The first-order chi connectivity index (χ1) is 13.5. The fraction of sp³-hybridized carbons (Fsp3) is 0.280. The Labute approximate surface area is 168 Å². The summed E-state index contributed by atoms with van der Waals surface area (Å²) in [5.74, 6) is 1.67. The second-order valence-electron chi connectivity index (χ2n) is 7.12. The van der Waals surface area contributed by atoms with E-state index in [0.717, 1.165) is 17.1 Å². The lowest BCUT2D eigenvalue weighted by Crippen LogP contribution is -2.24. The topological polar surface area (TPSA) is 38.7 Å². The predicted molar refractivity (Wildman–Crippen MR) is 115 cm³/mol. The van der Waals surface area contributed by atoms with E-state index >= 15 is 0 Å². The van der Waals surface area contributed by atoms with Crippen molar-refractivity contribution in [3.05, 3.63) is 96.1 Å². The van der Waals surface area contributed by atoms with Crippen molar-refractivity contribution in [2.45, 2.75) is 32.8 Å². The van der Waals surface area contributed by atoms with Gasteiger partial charge in [-0.25, -0.2) is 0 Å². The van der Waals surface area contributed by atoms with Crippen molar-refractivity contribution in [1.29, 1.82) is 0 Å². The van der Waals surface area contributed by atoms with E-state index in [2.05, 4.69) is 44.2 Å². The number of hydrogen-bond donors (Lipinski definition) is 1. The number of benzene rings is 3. The lowest BCUT2D eigenvalue weighted by atomic mass is 9.86. The lowest BCUT2D eigenvalue weighted by molar-refractivity contribution is 0.0824. The summed E-state index contributed by atoms with van der Waals surface area (Å²) in [6.07, 6.45) is 0. The van der Waals surface area contributed by atoms with Crippen molar-refractivity contribution in [2.75, 3.05) is 13.2 Å². The molecule has 0 saturated carbocycles. The zero-order chi connectivity index (χ0) is 20.2. The number of rotatable bonds is 7. The molecule has 0 radical (unpaired) electrons. The Hall–Kier alpha value is -2.62. The van der Waals surface area contributed by atoms with Crippen molar-refractivity contribution < 1.29 is 14.6 Å². The van der Waals surface area contributed by atoms with Crippen molar-refractivity contribution in [1.82, 2.24) is 0 Å². The zero-order valence-corrected chi connectivity index (χ0v) is 17.0. The van der Waals surface area contributed by atoms with Gasteiger partial charge in [0.15, 0.2) is 0 Å². The molecule has 3 aromatic carbocycles. The van der Waals surface area contributed by atoms with Gasteiger partial charge in [0, 0.05) is 12.0 Å². The molecule has 3 rings (SSSR count). The maximum atomic E-state index is 7.57. The van der Waals surface area contributed by atoms with Crippen LogP contribution in [-0.4, -0.2) is 18.3 Å². The number of hydrogen-bond acceptors (Lipinski definition) is 3. The highest BCUT2D eigenvalue weighted by molar-refractivity contribution is 5.33. The van der Waals surface area contributed by atoms with Gasteiger partial charge in [0.2, 0.25) is 0 Å². The summed E-state index contributed by atoms with van der Waals surface area (Å²) in [5, 5.41) is 7.57. The predicted octanol–water partition coefficient (Wildman–Crippen LogP) is 5.97. The third kappa shape index (κ3) is 7.18. The summed E-state index contributed by atoms with van der Waals surface area (Å²) in [4.78, 5) is 0. The molecule has 3 heteroatoms. The molecule has 0 heterocycles. The van der Waals surface area contributed by atoms with Gasteiger partial charge in [-0.05, 0) is 42.3 Å². The van der Waals surface area contributed by atoms with Gasteiger partial charge in [0.1, 0.15) is 11.5 Å². The minimum absolute atomic E-state index is 0.0145. The summed E-state index contributed by atoms with van der Waals surface area (Å²) in [6, 6.07) is 28.3. The van der Waals surface area contributed by atoms with Gasteiger partial charge in [0.05, 0.1) is 13.2 Å². The minimum atomic E-state index is -0.0145. The number of ether oxygens (including phenoxy) is 2. The molecule has 1 N–H and O–H groups in total. The van der Waals surface area contributed by atoms with Crippen molar-refractivity contribution in [3.8, 4) is 11.5 Å². The van der Waals surface area contributed by atoms with Crippen molar-refractivity contribution in [2.24, 2.45) is 0 Å². The highest BCUT2D eigenvalue weighted by Gasteiger charge is 2.20. The molecular weight excluding hydrogens is 348 g/mol. The Morgan fingerprint density at radius 1 is 0.786 bits per heavy atom. The standard InChI is InChI=1S/C23H24O2.C2H6O/c1-23(2,20-11-5-3-6-12-20)18-24-17-19-10-9-15-22(16-19)25-21-13-7-4-8-14-21;1-2-3/h3-16H,17-18H2,1-2H3;3H,2H2,1H3. The molecule has 0 spiro atoms. The SMILES string of the molecule is CC(C)(COCc1cccc(Oc2ccccc2)c1)c1ccccc1.CCO. The summed E-state index contributed by atoms with van der Waals surface area (Å²) >= 11 is 0. The average Bonchev–Trinajstić information content (AvgIpc) is 2.70. The quantitative estimate of drug-likeness (QED) is 0.550. The van der Waals surface area contributed by atoms with Crippen LogP contribution in [0.1, 0.15) is 31.9 Å². The van der Waals surface area contributed by atoms with E-state index in [1.165, 1.54) is 5.56 Å². The second-order valence-corrected chi connectivity index (χ2v) is 7.12. The molecule has 0 bridgehead atoms. The van der Waals surface area contributed by atoms with Gasteiger partial charge in [-0.1, -0.05) is 74.5 Å². The van der Waals surface area contributed by atoms with Gasteiger partial charge in [0.25, 0.3) is 0 Å². The fourth-order valence-corrected chi connectivity index (χ4v) is 2.72. The van der Waals surface area contributed by atoms with E-state index in [-0.39, 0.29) is 12.0 Å². The van der Waals surface area contributed by atoms with Crippen LogP contribution in [0.5, 0.6) is 11.5 Å². The molecule has 0 amide bonds. The number of para-hydroxylation sites is 1. The molecular formula is C25H30O3. The van der Waals surface area contributed by atoms with Gasteiger partial charge in [-0.15, -0.1) is 0 Å². The maximum Gasteiger partial charge on any atom is 0.127 e. The molecule has 0 aliphatic carbocycles. The van der Waals surface area contributed by atoms with E-state index in [4.69, 9.17) is 14.6 Å². The Kier molecular flexibility index (Phi) is 8.73. The third-order valence-electron chi connectivity index (χ3n) is 4.16. The molecule has 0 saturated heterocycles. The van der Waals surface area contributed by atoms with Gasteiger partial charge >= 0.3 is 0 Å². The monoisotopic (exact) mass is 378 g/mol. The number of aliphatic hydroxyl groups is 1. The van der Waals surface area contributed by atoms with Crippen LogP contribution in [0, 0.1) is 0 Å². The van der Waals surface area contributed by atoms with E-state index in [9.17, 15) is 0 Å². The molecule has 0 fully saturated rings. The molecule has 28 heavy (non-hydrogen) atoms. The average molecular weight is 379 g/mol. The van der Waals surface area contributed by atoms with E-state index < -0.39 is 0 Å². The van der Waals surface area contributed by atoms with Crippen LogP contribution in [0.2, 0.25) is 0 Å². The highest BCUT2D eigenvalue weighted by atomic mass is 16.5. The van der Waals surface area contributed by atoms with Gasteiger partial charge in [-0.3, -0.25) is 0 Å². The van der Waals surface area contributed by atoms with Crippen LogP contribution in [-0.2, 0) is 16.8 Å². The molecule has 0 aromatic heterocycles. The van der Waals surface area contributed by atoms with Crippen molar-refractivity contribution in [3.63, 3.8) is 0 Å². The largest absolute Gasteiger partial charge is 0.457 e. The second kappa shape index (κ2) is 11.3. The van der Waals surface area contributed by atoms with Crippen LogP contribution in [0.4, 0.5) is 0 Å². The Morgan fingerprint density at radius 3 is 2.00 bits per heavy atom. The van der Waals surface area contributed by atoms with E-state index in [1.807, 2.05) is 54.6 Å². The van der Waals surface area contributed by atoms with Crippen LogP contribution in [0.25, 0.3) is 0 Å². The van der Waals surface area contributed by atoms with Crippen LogP contribution < -0.4 is 4.74 Å². The third-order valence-corrected chi connectivity index (χ3v) is 4.16. The normalized spacial score (nSPS) is 10.7. The number of aliphatic hydroxyl groups excluding tert-OH is 1. The molecule has 3 aromatic rings. The lowest BCUT2D eigenvalue weighted by Gasteiger charge is -2.25. The Morgan fingerprint density at radius 2 is 1.36 bits per heavy atom. The Balaban J connectivity index is 0.000000878. The van der Waals surface area contributed by atoms with Crippen molar-refractivity contribution >= 4 is 0 Å². The first-order valence-corrected chi connectivity index (χ1v) is 9.61. The highest BCUT2D eigenvalue weighted by Crippen LogP contribution is 2.25. The molecule has 0 unspecified atom stereocenters. The molecule has 148 valence electrons. The Bertz CT molecular complexity index is 798.